The fourth-order valence-electron chi connectivity index (χ4n) is 3.70. The van der Waals surface area contributed by atoms with Crippen LogP contribution in [0.25, 0.3) is 0 Å². The van der Waals surface area contributed by atoms with E-state index in [1.165, 1.54) is 63.4 Å². The van der Waals surface area contributed by atoms with Crippen LogP contribution >= 0.6 is 0 Å². The van der Waals surface area contributed by atoms with Gasteiger partial charge >= 0.3 is 0 Å². The quantitative estimate of drug-likeness (QED) is 0.444. The summed E-state index contributed by atoms with van der Waals surface area (Å²) in [6.07, 6.45) is 15.0. The van der Waals surface area contributed by atoms with E-state index in [0.717, 1.165) is 19.3 Å². The standard InChI is InChI=1S/C23H38N2O/c1-2-3-4-5-6-7-8-9-10-14-17-21(24)23(26)25-22-18-20(22)19-15-12-11-13-16-19/h11-13,15-16,20-22H,2-10,14,17-18,24H2,1H3,(H,25,26). The molecule has 3 atom stereocenters. The Morgan fingerprint density at radius 1 is 1.00 bits per heavy atom. The summed E-state index contributed by atoms with van der Waals surface area (Å²) in [5.41, 5.74) is 7.39. The zero-order valence-electron chi connectivity index (χ0n) is 16.6. The minimum absolute atomic E-state index is 0.0318. The van der Waals surface area contributed by atoms with Crippen molar-refractivity contribution in [2.45, 2.75) is 102 Å². The number of amides is 1. The molecule has 0 aromatic heterocycles. The average Bonchev–Trinajstić information content (AvgIpc) is 3.43. The van der Waals surface area contributed by atoms with E-state index in [1.807, 2.05) is 6.07 Å². The summed E-state index contributed by atoms with van der Waals surface area (Å²) in [7, 11) is 0. The molecule has 1 amide bonds. The maximum Gasteiger partial charge on any atom is 0.237 e. The number of hydrogen-bond donors (Lipinski definition) is 2. The molecule has 146 valence electrons. The molecule has 1 aromatic rings. The molecule has 0 bridgehead atoms. The highest BCUT2D eigenvalue weighted by molar-refractivity contribution is 5.82. The Kier molecular flexibility index (Phi) is 9.76. The molecule has 0 aliphatic heterocycles. The van der Waals surface area contributed by atoms with Gasteiger partial charge in [0.25, 0.3) is 0 Å². The van der Waals surface area contributed by atoms with E-state index >= 15 is 0 Å². The molecule has 1 aliphatic carbocycles. The fraction of sp³-hybridized carbons (Fsp3) is 0.696. The molecule has 3 nitrogen and oxygen atoms in total. The zero-order valence-corrected chi connectivity index (χ0v) is 16.6. The second-order valence-electron chi connectivity index (χ2n) is 7.95. The van der Waals surface area contributed by atoms with Gasteiger partial charge < -0.3 is 11.1 Å². The van der Waals surface area contributed by atoms with Gasteiger partial charge in [0.2, 0.25) is 5.91 Å². The lowest BCUT2D eigenvalue weighted by atomic mass is 10.0. The Morgan fingerprint density at radius 3 is 2.19 bits per heavy atom. The molecule has 2 rings (SSSR count). The van der Waals surface area contributed by atoms with E-state index in [0.29, 0.717) is 5.92 Å². The van der Waals surface area contributed by atoms with Crippen LogP contribution in [0.4, 0.5) is 0 Å². The summed E-state index contributed by atoms with van der Waals surface area (Å²) in [4.78, 5) is 12.2. The molecule has 0 spiro atoms. The van der Waals surface area contributed by atoms with Gasteiger partial charge in [-0.05, 0) is 18.4 Å². The lowest BCUT2D eigenvalue weighted by Gasteiger charge is -2.12. The number of carbonyl (C=O) groups is 1. The Morgan fingerprint density at radius 2 is 1.58 bits per heavy atom. The molecule has 1 saturated carbocycles. The van der Waals surface area contributed by atoms with Crippen molar-refractivity contribution in [3.63, 3.8) is 0 Å². The third kappa shape index (κ3) is 7.90. The second kappa shape index (κ2) is 12.1. The summed E-state index contributed by atoms with van der Waals surface area (Å²) >= 11 is 0. The topological polar surface area (TPSA) is 55.1 Å². The van der Waals surface area contributed by atoms with Gasteiger partial charge in [-0.2, -0.15) is 0 Å². The first-order valence-corrected chi connectivity index (χ1v) is 10.8. The van der Waals surface area contributed by atoms with E-state index in [2.05, 4.69) is 36.5 Å². The number of nitrogens with one attached hydrogen (secondary N) is 1. The number of hydrogen-bond acceptors (Lipinski definition) is 2. The van der Waals surface area contributed by atoms with Crippen LogP contribution in [0.1, 0.15) is 95.5 Å². The van der Waals surface area contributed by atoms with Crippen molar-refractivity contribution in [3.05, 3.63) is 35.9 Å². The van der Waals surface area contributed by atoms with E-state index in [9.17, 15) is 4.79 Å². The minimum Gasteiger partial charge on any atom is -0.351 e. The average molecular weight is 359 g/mol. The molecule has 3 unspecified atom stereocenters. The monoisotopic (exact) mass is 358 g/mol. The Balaban J connectivity index is 1.46. The molecule has 1 aromatic carbocycles. The maximum atomic E-state index is 12.2. The van der Waals surface area contributed by atoms with Crippen LogP contribution in [0.15, 0.2) is 30.3 Å². The molecule has 0 saturated heterocycles. The largest absolute Gasteiger partial charge is 0.351 e. The van der Waals surface area contributed by atoms with Crippen LogP contribution in [-0.4, -0.2) is 18.0 Å². The highest BCUT2D eigenvalue weighted by Crippen LogP contribution is 2.40. The van der Waals surface area contributed by atoms with E-state index in [4.69, 9.17) is 5.73 Å². The maximum absolute atomic E-state index is 12.2. The van der Waals surface area contributed by atoms with Crippen molar-refractivity contribution >= 4 is 5.91 Å². The van der Waals surface area contributed by atoms with Crippen molar-refractivity contribution < 1.29 is 4.79 Å². The van der Waals surface area contributed by atoms with E-state index in [1.54, 1.807) is 0 Å². The van der Waals surface area contributed by atoms with E-state index in [-0.39, 0.29) is 18.0 Å². The SMILES string of the molecule is CCCCCCCCCCCCC(N)C(=O)NC1CC1c1ccccc1. The second-order valence-corrected chi connectivity index (χ2v) is 7.95. The normalized spacial score (nSPS) is 19.9. The predicted molar refractivity (Wildman–Crippen MR) is 110 cm³/mol. The first kappa shape index (κ1) is 21.0. The van der Waals surface area contributed by atoms with Crippen molar-refractivity contribution in [3.8, 4) is 0 Å². The summed E-state index contributed by atoms with van der Waals surface area (Å²) in [6, 6.07) is 10.4. The smallest absolute Gasteiger partial charge is 0.237 e. The Bertz CT molecular complexity index is 502. The van der Waals surface area contributed by atoms with E-state index < -0.39 is 0 Å². The summed E-state index contributed by atoms with van der Waals surface area (Å²) < 4.78 is 0. The van der Waals surface area contributed by atoms with Crippen LogP contribution in [0.5, 0.6) is 0 Å². The van der Waals surface area contributed by atoms with Crippen LogP contribution in [0.2, 0.25) is 0 Å². The lowest BCUT2D eigenvalue weighted by molar-refractivity contribution is -0.122. The molecule has 0 heterocycles. The van der Waals surface area contributed by atoms with Gasteiger partial charge in [-0.25, -0.2) is 0 Å². The molecule has 26 heavy (non-hydrogen) atoms. The molecular weight excluding hydrogens is 320 g/mol. The van der Waals surface area contributed by atoms with Crippen LogP contribution in [0, 0.1) is 0 Å². The minimum atomic E-state index is -0.346. The Hall–Kier alpha value is -1.35. The van der Waals surface area contributed by atoms with Gasteiger partial charge in [-0.1, -0.05) is 101 Å². The van der Waals surface area contributed by atoms with Gasteiger partial charge in [0.1, 0.15) is 0 Å². The molecular formula is C23H38N2O. The van der Waals surface area contributed by atoms with Gasteiger partial charge in [0.05, 0.1) is 6.04 Å². The number of carbonyl (C=O) groups excluding carboxylic acids is 1. The van der Waals surface area contributed by atoms with Crippen LogP contribution in [-0.2, 0) is 4.79 Å². The zero-order chi connectivity index (χ0) is 18.6. The van der Waals surface area contributed by atoms with Crippen molar-refractivity contribution in [1.29, 1.82) is 0 Å². The highest BCUT2D eigenvalue weighted by atomic mass is 16.2. The number of unbranched alkanes of at least 4 members (excludes halogenated alkanes) is 9. The third-order valence-corrected chi connectivity index (χ3v) is 5.55. The first-order chi connectivity index (χ1) is 12.7. The van der Waals surface area contributed by atoms with Gasteiger partial charge in [0.15, 0.2) is 0 Å². The predicted octanol–water partition coefficient (Wildman–Crippen LogP) is 5.30. The number of rotatable bonds is 14. The molecule has 3 heteroatoms. The number of nitrogens with two attached hydrogens (primary N) is 1. The lowest BCUT2D eigenvalue weighted by Crippen LogP contribution is -2.41. The first-order valence-electron chi connectivity index (χ1n) is 10.8. The van der Waals surface area contributed by atoms with Crippen molar-refractivity contribution in [1.82, 2.24) is 5.32 Å². The highest BCUT2D eigenvalue weighted by Gasteiger charge is 2.39. The molecule has 1 aliphatic rings. The van der Waals surface area contributed by atoms with Gasteiger partial charge in [-0.15, -0.1) is 0 Å². The third-order valence-electron chi connectivity index (χ3n) is 5.55. The molecule has 3 N–H and O–H groups in total. The number of benzene rings is 1. The molecule has 0 radical (unpaired) electrons. The van der Waals surface area contributed by atoms with Crippen molar-refractivity contribution in [2.75, 3.05) is 0 Å². The van der Waals surface area contributed by atoms with Gasteiger partial charge in [-0.3, -0.25) is 4.79 Å². The van der Waals surface area contributed by atoms with Crippen molar-refractivity contribution in [2.24, 2.45) is 5.73 Å². The van der Waals surface area contributed by atoms with Gasteiger partial charge in [0, 0.05) is 12.0 Å². The summed E-state index contributed by atoms with van der Waals surface area (Å²) in [5, 5.41) is 3.12. The fourth-order valence-corrected chi connectivity index (χ4v) is 3.70. The van der Waals surface area contributed by atoms with Crippen LogP contribution in [0.3, 0.4) is 0 Å². The summed E-state index contributed by atoms with van der Waals surface area (Å²) in [5.74, 6) is 0.508. The van der Waals surface area contributed by atoms with Crippen LogP contribution < -0.4 is 11.1 Å². The Labute approximate surface area is 160 Å². The molecule has 1 fully saturated rings. The summed E-state index contributed by atoms with van der Waals surface area (Å²) in [6.45, 7) is 2.26.